The summed E-state index contributed by atoms with van der Waals surface area (Å²) >= 11 is 0. The number of hydrogen-bond acceptors (Lipinski definition) is 2. The lowest BCUT2D eigenvalue weighted by molar-refractivity contribution is 1.28. The van der Waals surface area contributed by atoms with Gasteiger partial charge in [-0.1, -0.05) is 24.8 Å². The van der Waals surface area contributed by atoms with Crippen LogP contribution in [0.1, 0.15) is 12.6 Å². The fourth-order valence-corrected chi connectivity index (χ4v) is 1.15. The van der Waals surface area contributed by atoms with Crippen LogP contribution in [0, 0.1) is 0 Å². The average molecular weight is 186 g/mol. The van der Waals surface area contributed by atoms with Gasteiger partial charge in [0, 0.05) is 24.5 Å². The largest absolute Gasteiger partial charge is 0.293 e. The van der Waals surface area contributed by atoms with Gasteiger partial charge in [0.25, 0.3) is 0 Å². The SMILES string of the molecule is C=C/C=C(\C(C)=NC)c1ccccn1. The summed E-state index contributed by atoms with van der Waals surface area (Å²) in [6.07, 6.45) is 5.44. The number of allylic oxidation sites excluding steroid dienone is 3. The van der Waals surface area contributed by atoms with E-state index >= 15 is 0 Å². The molecule has 0 saturated carbocycles. The maximum absolute atomic E-state index is 4.27. The molecule has 14 heavy (non-hydrogen) atoms. The number of aliphatic imine (C=N–C) groups is 1. The Morgan fingerprint density at radius 1 is 1.50 bits per heavy atom. The second kappa shape index (κ2) is 5.12. The van der Waals surface area contributed by atoms with Crippen molar-refractivity contribution in [2.75, 3.05) is 7.05 Å². The van der Waals surface area contributed by atoms with Crippen LogP contribution in [0.2, 0.25) is 0 Å². The summed E-state index contributed by atoms with van der Waals surface area (Å²) in [6.45, 7) is 5.65. The number of nitrogens with zero attached hydrogens (tertiary/aromatic N) is 2. The molecule has 1 rings (SSSR count). The molecule has 0 atom stereocenters. The second-order valence-corrected chi connectivity index (χ2v) is 2.84. The Balaban J connectivity index is 3.14. The van der Waals surface area contributed by atoms with E-state index in [1.807, 2.05) is 31.2 Å². The molecule has 0 unspecified atom stereocenters. The minimum Gasteiger partial charge on any atom is -0.293 e. The Kier molecular flexibility index (Phi) is 3.80. The molecule has 0 aliphatic heterocycles. The molecule has 72 valence electrons. The first-order chi connectivity index (χ1) is 6.79. The smallest absolute Gasteiger partial charge is 0.0719 e. The van der Waals surface area contributed by atoms with Gasteiger partial charge in [-0.3, -0.25) is 9.98 Å². The van der Waals surface area contributed by atoms with Crippen LogP contribution in [0.5, 0.6) is 0 Å². The average Bonchev–Trinajstić information content (AvgIpc) is 2.26. The van der Waals surface area contributed by atoms with E-state index in [4.69, 9.17) is 0 Å². The van der Waals surface area contributed by atoms with E-state index in [2.05, 4.69) is 16.6 Å². The van der Waals surface area contributed by atoms with E-state index in [1.54, 1.807) is 19.3 Å². The molecule has 1 heterocycles. The summed E-state index contributed by atoms with van der Waals surface area (Å²) < 4.78 is 0. The molecule has 1 aromatic rings. The third-order valence-electron chi connectivity index (χ3n) is 1.95. The minimum absolute atomic E-state index is 0.926. The molecule has 0 bridgehead atoms. The molecule has 0 aliphatic carbocycles. The lowest BCUT2D eigenvalue weighted by Crippen LogP contribution is -1.98. The van der Waals surface area contributed by atoms with Crippen molar-refractivity contribution in [1.82, 2.24) is 4.98 Å². The zero-order valence-corrected chi connectivity index (χ0v) is 8.57. The zero-order chi connectivity index (χ0) is 10.4. The summed E-state index contributed by atoms with van der Waals surface area (Å²) in [5.74, 6) is 0. The highest BCUT2D eigenvalue weighted by Crippen LogP contribution is 2.13. The topological polar surface area (TPSA) is 25.2 Å². The fourth-order valence-electron chi connectivity index (χ4n) is 1.15. The Morgan fingerprint density at radius 2 is 2.29 bits per heavy atom. The van der Waals surface area contributed by atoms with Crippen LogP contribution in [0.4, 0.5) is 0 Å². The van der Waals surface area contributed by atoms with Crippen molar-refractivity contribution < 1.29 is 0 Å². The van der Waals surface area contributed by atoms with Crippen LogP contribution in [-0.4, -0.2) is 17.7 Å². The van der Waals surface area contributed by atoms with Crippen molar-refractivity contribution >= 4 is 11.3 Å². The van der Waals surface area contributed by atoms with E-state index in [9.17, 15) is 0 Å². The Morgan fingerprint density at radius 3 is 2.79 bits per heavy atom. The Labute approximate surface area is 84.7 Å². The van der Waals surface area contributed by atoms with Gasteiger partial charge in [0.05, 0.1) is 5.69 Å². The number of aromatic nitrogens is 1. The molecule has 0 fully saturated rings. The monoisotopic (exact) mass is 186 g/mol. The Hall–Kier alpha value is -1.70. The van der Waals surface area contributed by atoms with Gasteiger partial charge in [-0.2, -0.15) is 0 Å². The molecule has 1 aromatic heterocycles. The van der Waals surface area contributed by atoms with E-state index in [0.717, 1.165) is 17.0 Å². The summed E-state index contributed by atoms with van der Waals surface area (Å²) in [5, 5.41) is 0. The van der Waals surface area contributed by atoms with Gasteiger partial charge < -0.3 is 0 Å². The van der Waals surface area contributed by atoms with Gasteiger partial charge >= 0.3 is 0 Å². The summed E-state index contributed by atoms with van der Waals surface area (Å²) in [7, 11) is 1.77. The predicted octanol–water partition coefficient (Wildman–Crippen LogP) is 2.74. The van der Waals surface area contributed by atoms with E-state index in [0.29, 0.717) is 0 Å². The van der Waals surface area contributed by atoms with Crippen LogP contribution in [0.25, 0.3) is 5.57 Å². The lowest BCUT2D eigenvalue weighted by Gasteiger charge is -2.04. The Bertz CT molecular complexity index is 361. The number of rotatable bonds is 3. The summed E-state index contributed by atoms with van der Waals surface area (Å²) in [5.41, 5.74) is 2.90. The summed E-state index contributed by atoms with van der Waals surface area (Å²) in [4.78, 5) is 8.41. The third-order valence-corrected chi connectivity index (χ3v) is 1.95. The zero-order valence-electron chi connectivity index (χ0n) is 8.57. The van der Waals surface area contributed by atoms with Gasteiger partial charge in [0.15, 0.2) is 0 Å². The van der Waals surface area contributed by atoms with Gasteiger partial charge in [-0.15, -0.1) is 0 Å². The van der Waals surface area contributed by atoms with E-state index in [-0.39, 0.29) is 0 Å². The molecule has 0 aliphatic rings. The van der Waals surface area contributed by atoms with Crippen molar-refractivity contribution in [3.05, 3.63) is 48.8 Å². The highest BCUT2D eigenvalue weighted by molar-refractivity contribution is 6.22. The second-order valence-electron chi connectivity index (χ2n) is 2.84. The van der Waals surface area contributed by atoms with Gasteiger partial charge in [-0.25, -0.2) is 0 Å². The number of hydrogen-bond donors (Lipinski definition) is 0. The quantitative estimate of drug-likeness (QED) is 0.526. The normalized spacial score (nSPS) is 12.7. The predicted molar refractivity (Wildman–Crippen MR) is 61.4 cm³/mol. The van der Waals surface area contributed by atoms with Crippen molar-refractivity contribution in [2.24, 2.45) is 4.99 Å². The van der Waals surface area contributed by atoms with E-state index < -0.39 is 0 Å². The molecular weight excluding hydrogens is 172 g/mol. The molecule has 0 aromatic carbocycles. The molecule has 0 saturated heterocycles. The maximum atomic E-state index is 4.27. The third kappa shape index (κ3) is 2.39. The first kappa shape index (κ1) is 10.4. The van der Waals surface area contributed by atoms with Crippen LogP contribution >= 0.6 is 0 Å². The highest BCUT2D eigenvalue weighted by Gasteiger charge is 2.03. The molecule has 0 amide bonds. The van der Waals surface area contributed by atoms with E-state index in [1.165, 1.54) is 0 Å². The highest BCUT2D eigenvalue weighted by atomic mass is 14.7. The molecular formula is C12H14N2. The lowest BCUT2D eigenvalue weighted by atomic mass is 10.1. The molecule has 0 N–H and O–H groups in total. The first-order valence-electron chi connectivity index (χ1n) is 4.47. The summed E-state index contributed by atoms with van der Waals surface area (Å²) in [6, 6.07) is 5.82. The van der Waals surface area contributed by atoms with Gasteiger partial charge in [-0.05, 0) is 19.1 Å². The van der Waals surface area contributed by atoms with Crippen LogP contribution in [0.15, 0.2) is 48.1 Å². The fraction of sp³-hybridized carbons (Fsp3) is 0.167. The maximum Gasteiger partial charge on any atom is 0.0719 e. The van der Waals surface area contributed by atoms with Crippen LogP contribution in [-0.2, 0) is 0 Å². The van der Waals surface area contributed by atoms with Crippen molar-refractivity contribution in [3.8, 4) is 0 Å². The standard InChI is InChI=1S/C12H14N2/c1-4-7-11(10(2)13-3)12-8-5-6-9-14-12/h4-9H,1H2,2-3H3/b11-7+,13-10?. The minimum atomic E-state index is 0.926. The van der Waals surface area contributed by atoms with Crippen molar-refractivity contribution in [3.63, 3.8) is 0 Å². The van der Waals surface area contributed by atoms with Gasteiger partial charge in [0.1, 0.15) is 0 Å². The molecule has 0 spiro atoms. The van der Waals surface area contributed by atoms with Crippen LogP contribution < -0.4 is 0 Å². The molecule has 2 heteroatoms. The van der Waals surface area contributed by atoms with Gasteiger partial charge in [0.2, 0.25) is 0 Å². The van der Waals surface area contributed by atoms with Crippen molar-refractivity contribution in [1.29, 1.82) is 0 Å². The van der Waals surface area contributed by atoms with Crippen molar-refractivity contribution in [2.45, 2.75) is 6.92 Å². The molecule has 2 nitrogen and oxygen atoms in total. The molecule has 0 radical (unpaired) electrons. The first-order valence-corrected chi connectivity index (χ1v) is 4.47. The number of pyridine rings is 1. The van der Waals surface area contributed by atoms with Crippen LogP contribution in [0.3, 0.4) is 0 Å².